The van der Waals surface area contributed by atoms with Gasteiger partial charge in [0.25, 0.3) is 11.8 Å². The molecule has 0 saturated heterocycles. The molecule has 1 aliphatic carbocycles. The number of fused-ring (bicyclic) bond motifs is 1. The first-order chi connectivity index (χ1) is 16.9. The number of nitrogens with zero attached hydrogens (tertiary/aromatic N) is 1. The molecule has 1 aromatic heterocycles. The Hall–Kier alpha value is -3.26. The van der Waals surface area contributed by atoms with Crippen molar-refractivity contribution in [2.45, 2.75) is 43.1 Å². The predicted octanol–water partition coefficient (Wildman–Crippen LogP) is 5.50. The number of furan rings is 1. The van der Waals surface area contributed by atoms with Crippen LogP contribution in [0, 0.1) is 0 Å². The van der Waals surface area contributed by atoms with E-state index in [1.54, 1.807) is 38.4 Å². The van der Waals surface area contributed by atoms with Crippen LogP contribution < -0.4 is 5.32 Å². The molecule has 35 heavy (non-hydrogen) atoms. The van der Waals surface area contributed by atoms with E-state index in [0.717, 1.165) is 10.9 Å². The first-order valence-corrected chi connectivity index (χ1v) is 12.9. The molecule has 2 amide bonds. The van der Waals surface area contributed by atoms with E-state index in [9.17, 15) is 14.4 Å². The Morgan fingerprint density at radius 2 is 1.74 bits per heavy atom. The van der Waals surface area contributed by atoms with Crippen molar-refractivity contribution in [2.75, 3.05) is 26.0 Å². The minimum atomic E-state index is -0.650. The van der Waals surface area contributed by atoms with Crippen molar-refractivity contribution in [3.05, 3.63) is 65.4 Å². The number of esters is 1. The molecule has 1 N–H and O–H groups in total. The highest BCUT2D eigenvalue weighted by Crippen LogP contribution is 2.35. The van der Waals surface area contributed by atoms with Crippen LogP contribution in [0.4, 0.5) is 5.69 Å². The number of nitrogens with one attached hydrogen (secondary N) is 1. The van der Waals surface area contributed by atoms with Gasteiger partial charge in [-0.2, -0.15) is 11.8 Å². The number of thioether (sulfide) groups is 1. The van der Waals surface area contributed by atoms with Crippen molar-refractivity contribution in [1.29, 1.82) is 0 Å². The average molecular weight is 495 g/mol. The molecule has 0 radical (unpaired) electrons. The third kappa shape index (κ3) is 6.25. The zero-order chi connectivity index (χ0) is 24.8. The summed E-state index contributed by atoms with van der Waals surface area (Å²) in [5, 5.41) is 4.17. The maximum atomic E-state index is 12.9. The number of rotatable bonds is 8. The molecular weight excluding hydrogens is 464 g/mol. The molecule has 4 rings (SSSR count). The van der Waals surface area contributed by atoms with Gasteiger partial charge in [0.1, 0.15) is 5.58 Å². The highest BCUT2D eigenvalue weighted by Gasteiger charge is 2.24. The molecule has 8 heteroatoms. The Morgan fingerprint density at radius 1 is 1.03 bits per heavy atom. The summed E-state index contributed by atoms with van der Waals surface area (Å²) in [5.74, 6) is -0.424. The lowest BCUT2D eigenvalue weighted by Gasteiger charge is -2.20. The van der Waals surface area contributed by atoms with Gasteiger partial charge < -0.3 is 19.4 Å². The molecule has 0 unspecified atom stereocenters. The van der Waals surface area contributed by atoms with Gasteiger partial charge in [0, 0.05) is 47.3 Å². The molecule has 184 valence electrons. The third-order valence-corrected chi connectivity index (χ3v) is 7.45. The highest BCUT2D eigenvalue weighted by atomic mass is 32.2. The lowest BCUT2D eigenvalue weighted by atomic mass is 10.0. The molecule has 3 aromatic rings. The van der Waals surface area contributed by atoms with Crippen molar-refractivity contribution >= 4 is 46.2 Å². The molecule has 1 heterocycles. The summed E-state index contributed by atoms with van der Waals surface area (Å²) in [5.41, 5.74) is 2.48. The van der Waals surface area contributed by atoms with Crippen molar-refractivity contribution in [1.82, 2.24) is 4.90 Å². The van der Waals surface area contributed by atoms with Crippen LogP contribution in [0.25, 0.3) is 11.0 Å². The van der Waals surface area contributed by atoms with Crippen molar-refractivity contribution in [2.24, 2.45) is 0 Å². The quantitative estimate of drug-likeness (QED) is 0.416. The molecule has 7 nitrogen and oxygen atoms in total. The predicted molar refractivity (Wildman–Crippen MR) is 138 cm³/mol. The summed E-state index contributed by atoms with van der Waals surface area (Å²) < 4.78 is 11.2. The molecule has 0 spiro atoms. The van der Waals surface area contributed by atoms with E-state index in [1.165, 1.54) is 37.0 Å². The van der Waals surface area contributed by atoms with E-state index in [2.05, 4.69) is 5.32 Å². The first kappa shape index (κ1) is 24.9. The fourth-order valence-corrected chi connectivity index (χ4v) is 5.54. The van der Waals surface area contributed by atoms with Crippen LogP contribution in [-0.2, 0) is 15.3 Å². The number of amides is 2. The topological polar surface area (TPSA) is 88.9 Å². The van der Waals surface area contributed by atoms with Crippen LogP contribution in [-0.4, -0.2) is 48.6 Å². The van der Waals surface area contributed by atoms with Gasteiger partial charge in [-0.1, -0.05) is 37.5 Å². The van der Waals surface area contributed by atoms with Gasteiger partial charge in [0.05, 0.1) is 0 Å². The molecule has 0 aliphatic heterocycles. The zero-order valence-electron chi connectivity index (χ0n) is 20.0. The van der Waals surface area contributed by atoms with Crippen molar-refractivity contribution in [3.8, 4) is 0 Å². The van der Waals surface area contributed by atoms with Crippen LogP contribution in [0.2, 0.25) is 0 Å². The standard InChI is InChI=1S/C27H30N2O5S/c1-29(2)26(31)18-12-14-19(15-13-18)28-24(30)16-33-27(32)25-22(17-35-20-8-4-3-5-9-20)21-10-6-7-11-23(21)34-25/h6-7,10-15,20H,3-5,8-9,16-17H2,1-2H3,(H,28,30). The number of carbonyl (C=O) groups excluding carboxylic acids is 3. The molecule has 1 fully saturated rings. The van der Waals surface area contributed by atoms with Gasteiger partial charge in [0.2, 0.25) is 5.76 Å². The van der Waals surface area contributed by atoms with Gasteiger partial charge >= 0.3 is 5.97 Å². The summed E-state index contributed by atoms with van der Waals surface area (Å²) >= 11 is 1.86. The van der Waals surface area contributed by atoms with Gasteiger partial charge in [-0.15, -0.1) is 0 Å². The fraction of sp³-hybridized carbons (Fsp3) is 0.370. The van der Waals surface area contributed by atoms with Crippen LogP contribution in [0.1, 0.15) is 58.6 Å². The Morgan fingerprint density at radius 3 is 2.46 bits per heavy atom. The lowest BCUT2D eigenvalue weighted by Crippen LogP contribution is -2.22. The van der Waals surface area contributed by atoms with E-state index < -0.39 is 18.5 Å². The summed E-state index contributed by atoms with van der Waals surface area (Å²) in [6, 6.07) is 14.1. The second-order valence-electron chi connectivity index (χ2n) is 8.88. The zero-order valence-corrected chi connectivity index (χ0v) is 20.9. The molecule has 1 saturated carbocycles. The highest BCUT2D eigenvalue weighted by molar-refractivity contribution is 7.99. The van der Waals surface area contributed by atoms with Crippen LogP contribution in [0.5, 0.6) is 0 Å². The van der Waals surface area contributed by atoms with Crippen LogP contribution >= 0.6 is 11.8 Å². The largest absolute Gasteiger partial charge is 0.450 e. The monoisotopic (exact) mass is 494 g/mol. The van der Waals surface area contributed by atoms with Gasteiger partial charge in [-0.3, -0.25) is 9.59 Å². The SMILES string of the molecule is CN(C)C(=O)c1ccc(NC(=O)COC(=O)c2oc3ccccc3c2CSC2CCCCC2)cc1. The third-order valence-electron chi connectivity index (χ3n) is 6.06. The molecule has 0 bridgehead atoms. The molecule has 2 aromatic carbocycles. The fourth-order valence-electron chi connectivity index (χ4n) is 4.19. The van der Waals surface area contributed by atoms with Crippen molar-refractivity contribution in [3.63, 3.8) is 0 Å². The van der Waals surface area contributed by atoms with E-state index >= 15 is 0 Å². The van der Waals surface area contributed by atoms with E-state index in [4.69, 9.17) is 9.15 Å². The summed E-state index contributed by atoms with van der Waals surface area (Å²) in [4.78, 5) is 38.7. The minimum absolute atomic E-state index is 0.125. The lowest BCUT2D eigenvalue weighted by molar-refractivity contribution is -0.119. The Balaban J connectivity index is 1.38. The van der Waals surface area contributed by atoms with Crippen molar-refractivity contribution < 1.29 is 23.5 Å². The smallest absolute Gasteiger partial charge is 0.375 e. The number of carbonyl (C=O) groups is 3. The number of ether oxygens (including phenoxy) is 1. The van der Waals surface area contributed by atoms with E-state index in [-0.39, 0.29) is 11.7 Å². The van der Waals surface area contributed by atoms with E-state index in [1.807, 2.05) is 36.0 Å². The molecular formula is C27H30N2O5S. The van der Waals surface area contributed by atoms with Gasteiger partial charge in [0.15, 0.2) is 6.61 Å². The number of anilines is 1. The second-order valence-corrected chi connectivity index (χ2v) is 10.2. The van der Waals surface area contributed by atoms with Gasteiger partial charge in [-0.05, 0) is 43.2 Å². The van der Waals surface area contributed by atoms with Crippen LogP contribution in [0.3, 0.4) is 0 Å². The summed E-state index contributed by atoms with van der Waals surface area (Å²) in [7, 11) is 3.35. The average Bonchev–Trinajstić information content (AvgIpc) is 3.25. The van der Waals surface area contributed by atoms with E-state index in [0.29, 0.717) is 27.8 Å². The Labute approximate surface area is 209 Å². The Bertz CT molecular complexity index is 1200. The molecule has 0 atom stereocenters. The second kappa shape index (κ2) is 11.4. The normalized spacial score (nSPS) is 14.0. The minimum Gasteiger partial charge on any atom is -0.450 e. The summed E-state index contributed by atoms with van der Waals surface area (Å²) in [6.45, 7) is -0.441. The molecule has 1 aliphatic rings. The van der Waals surface area contributed by atoms with Gasteiger partial charge in [-0.25, -0.2) is 4.79 Å². The number of para-hydroxylation sites is 1. The maximum Gasteiger partial charge on any atom is 0.375 e. The Kier molecular flexibility index (Phi) is 8.13. The number of benzene rings is 2. The maximum absolute atomic E-state index is 12.9. The number of hydrogen-bond donors (Lipinski definition) is 1. The van der Waals surface area contributed by atoms with Crippen LogP contribution in [0.15, 0.2) is 52.9 Å². The first-order valence-electron chi connectivity index (χ1n) is 11.8. The number of hydrogen-bond acceptors (Lipinski definition) is 6. The summed E-state index contributed by atoms with van der Waals surface area (Å²) in [6.07, 6.45) is 6.20.